The van der Waals surface area contributed by atoms with E-state index in [0.29, 0.717) is 18.7 Å². The highest BCUT2D eigenvalue weighted by Gasteiger charge is 2.46. The van der Waals surface area contributed by atoms with Crippen LogP contribution in [0.5, 0.6) is 0 Å². The van der Waals surface area contributed by atoms with E-state index >= 15 is 28.8 Å². The van der Waals surface area contributed by atoms with Crippen molar-refractivity contribution in [1.29, 1.82) is 0 Å². The molecule has 93 heavy (non-hydrogen) atoms. The number of allylic oxidation sites excluding steroid dienone is 2. The molecule has 1 rings (SSSR count). The quantitative estimate of drug-likeness (QED) is 0.0688. The molecule has 6 N–H and O–H groups in total. The second kappa shape index (κ2) is 39.9. The van der Waals surface area contributed by atoms with E-state index in [1.54, 1.807) is 47.6 Å². The molecule has 0 aromatic heterocycles. The van der Waals surface area contributed by atoms with Crippen LogP contribution in [0.2, 0.25) is 0 Å². The molecule has 25 heteroatoms. The molecule has 0 radical (unpaired) electrons. The SMILES string of the molecule is C/C=C/C[C@@H](C)[C@@H](O)C1C(=O)N[C@@H](CC)C(=O)N(C)C(CSCCNC(C)C)C(=O)N(C)[C@@H](CC(C)C)C(=O)N[C@@H](C(C)C)C(=O)N(C)[C@@H](CC(C)C)C(=O)N[C@@H](C)C(=O)N[C@H](C)C(=O)N(C)[C@@H](CC(C)C)C(=O)N(C)[C@@H](CC(C)C)C(=O)N(C)[C@@H](C(C)C)C(=O)N1C. The summed E-state index contributed by atoms with van der Waals surface area (Å²) in [5, 5.41) is 26.8. The molecule has 534 valence electrons. The average Bonchev–Trinajstić information content (AvgIpc) is 0.816. The summed E-state index contributed by atoms with van der Waals surface area (Å²) in [5.74, 6) is -9.15. The second-order valence-electron chi connectivity index (χ2n) is 28.5. The number of rotatable bonds is 21. The number of nitrogens with zero attached hydrogens (tertiary/aromatic N) is 7. The van der Waals surface area contributed by atoms with Crippen LogP contribution >= 0.6 is 11.8 Å². The van der Waals surface area contributed by atoms with E-state index in [1.165, 1.54) is 104 Å². The van der Waals surface area contributed by atoms with Crippen LogP contribution in [0.25, 0.3) is 0 Å². The molecule has 11 amide bonds. The van der Waals surface area contributed by atoms with Crippen molar-refractivity contribution >= 4 is 76.7 Å². The van der Waals surface area contributed by atoms with Gasteiger partial charge in [-0.15, -0.1) is 0 Å². The number of aliphatic hydroxyl groups is 1. The molecular formula is C68H124N12O12S. The van der Waals surface area contributed by atoms with Gasteiger partial charge in [0, 0.05) is 73.4 Å². The van der Waals surface area contributed by atoms with Gasteiger partial charge in [0.1, 0.15) is 66.5 Å². The minimum atomic E-state index is -1.63. The maximum Gasteiger partial charge on any atom is 0.246 e. The standard InChI is InChI=1S/C68H124N12O12S/c1-27-29-30-45(17)57(81)56-61(85)72-48(28-2)63(87)78(24)53(37-93-32-31-69-44(15)16)66(90)74(20)50(34-39(5)6)60(84)73-54(42(11)12)67(91)75(21)49(33-38(3)4)59(83)70-46(18)58(82)71-47(19)62(86)76(22)51(35-40(7)8)64(88)77(23)52(36-41(9)10)65(89)79(25)55(43(13)14)68(92)80(56)26/h27,29,38-57,69,81H,28,30-37H2,1-26H3,(H,70,83)(H,71,82)(H,72,85)(H,73,84)/b29-27+/t45-,46+,47-,48+,49+,50+,51+,52+,53?,54+,55+,56?,57-/m1/s1. The Morgan fingerprint density at radius 2 is 0.871 bits per heavy atom. The molecule has 0 aliphatic carbocycles. The molecule has 0 spiro atoms. The Balaban J connectivity index is 4.53. The van der Waals surface area contributed by atoms with Crippen LogP contribution in [0, 0.1) is 41.4 Å². The highest BCUT2D eigenvalue weighted by atomic mass is 32.2. The number of thioether (sulfide) groups is 1. The van der Waals surface area contributed by atoms with E-state index in [9.17, 15) is 29.1 Å². The Kier molecular flexibility index (Phi) is 36.6. The van der Waals surface area contributed by atoms with Crippen LogP contribution in [-0.4, -0.2) is 250 Å². The number of carbonyl (C=O) groups excluding carboxylic acids is 11. The van der Waals surface area contributed by atoms with Gasteiger partial charge in [-0.3, -0.25) is 52.7 Å². The third-order valence-electron chi connectivity index (χ3n) is 17.5. The van der Waals surface area contributed by atoms with Crippen molar-refractivity contribution in [3.8, 4) is 0 Å². The summed E-state index contributed by atoms with van der Waals surface area (Å²) in [6, 6.07) is -13.6. The molecule has 24 nitrogen and oxygen atoms in total. The highest BCUT2D eigenvalue weighted by Crippen LogP contribution is 2.26. The first-order chi connectivity index (χ1) is 43.0. The van der Waals surface area contributed by atoms with Gasteiger partial charge in [0.2, 0.25) is 65.0 Å². The van der Waals surface area contributed by atoms with Crippen LogP contribution in [0.3, 0.4) is 0 Å². The van der Waals surface area contributed by atoms with Crippen LogP contribution in [0.1, 0.15) is 170 Å². The van der Waals surface area contributed by atoms with Crippen molar-refractivity contribution in [3.63, 3.8) is 0 Å². The van der Waals surface area contributed by atoms with Gasteiger partial charge in [-0.2, -0.15) is 11.8 Å². The number of likely N-dealkylation sites (N-methyl/N-ethyl adjacent to an activating group) is 7. The zero-order valence-electron chi connectivity index (χ0n) is 61.5. The summed E-state index contributed by atoms with van der Waals surface area (Å²) >= 11 is 1.41. The van der Waals surface area contributed by atoms with Crippen molar-refractivity contribution in [1.82, 2.24) is 60.9 Å². The van der Waals surface area contributed by atoms with E-state index in [4.69, 9.17) is 0 Å². The molecule has 1 heterocycles. The lowest BCUT2D eigenvalue weighted by Crippen LogP contribution is -2.64. The molecule has 1 aliphatic heterocycles. The Morgan fingerprint density at radius 1 is 0.462 bits per heavy atom. The largest absolute Gasteiger partial charge is 0.390 e. The summed E-state index contributed by atoms with van der Waals surface area (Å²) in [4.78, 5) is 173. The molecule has 1 aliphatic rings. The first-order valence-corrected chi connectivity index (χ1v) is 34.9. The lowest BCUT2D eigenvalue weighted by atomic mass is 9.91. The monoisotopic (exact) mass is 1330 g/mol. The van der Waals surface area contributed by atoms with Gasteiger partial charge in [0.25, 0.3) is 0 Å². The number of amides is 11. The van der Waals surface area contributed by atoms with Crippen LogP contribution in [-0.2, 0) is 52.7 Å². The fourth-order valence-corrected chi connectivity index (χ4v) is 12.6. The van der Waals surface area contributed by atoms with Crippen molar-refractivity contribution < 1.29 is 57.8 Å². The van der Waals surface area contributed by atoms with Crippen molar-refractivity contribution in [3.05, 3.63) is 12.2 Å². The van der Waals surface area contributed by atoms with E-state index in [1.807, 2.05) is 82.2 Å². The topological polar surface area (TPSA) is 291 Å². The number of nitrogens with one attached hydrogen (secondary N) is 5. The molecule has 0 bridgehead atoms. The molecule has 2 unspecified atom stereocenters. The summed E-state index contributed by atoms with van der Waals surface area (Å²) in [5.41, 5.74) is 0. The Bertz CT molecular complexity index is 2510. The van der Waals surface area contributed by atoms with E-state index < -0.39 is 155 Å². The zero-order chi connectivity index (χ0) is 72.0. The summed E-state index contributed by atoms with van der Waals surface area (Å²) in [6.07, 6.45) is 2.99. The van der Waals surface area contributed by atoms with E-state index in [0.717, 1.165) is 4.90 Å². The Morgan fingerprint density at radius 3 is 1.32 bits per heavy atom. The van der Waals surface area contributed by atoms with Gasteiger partial charge in [0.15, 0.2) is 0 Å². The molecule has 0 aromatic carbocycles. The molecule has 0 aromatic rings. The first-order valence-electron chi connectivity index (χ1n) is 33.7. The maximum absolute atomic E-state index is 15.3. The van der Waals surface area contributed by atoms with Gasteiger partial charge in [0.05, 0.1) is 6.10 Å². The number of hydrogen-bond acceptors (Lipinski definition) is 14. The fourth-order valence-electron chi connectivity index (χ4n) is 11.6. The Hall–Kier alpha value is -5.82. The predicted octanol–water partition coefficient (Wildman–Crippen LogP) is 4.37. The van der Waals surface area contributed by atoms with Crippen LogP contribution < -0.4 is 26.6 Å². The summed E-state index contributed by atoms with van der Waals surface area (Å²) < 4.78 is 0. The van der Waals surface area contributed by atoms with E-state index in [2.05, 4.69) is 26.6 Å². The van der Waals surface area contributed by atoms with E-state index in [-0.39, 0.29) is 67.6 Å². The Labute approximate surface area is 562 Å². The molecule has 1 saturated heterocycles. The zero-order valence-corrected chi connectivity index (χ0v) is 62.4. The maximum atomic E-state index is 15.3. The average molecular weight is 1330 g/mol. The number of hydrogen-bond donors (Lipinski definition) is 6. The third kappa shape index (κ3) is 25.0. The third-order valence-corrected chi connectivity index (χ3v) is 18.5. The summed E-state index contributed by atoms with van der Waals surface area (Å²) in [6.45, 7) is 34.6. The number of aliphatic hydroxyl groups excluding tert-OH is 1. The number of carbonyl (C=O) groups is 11. The lowest BCUT2D eigenvalue weighted by molar-refractivity contribution is -0.157. The van der Waals surface area contributed by atoms with Gasteiger partial charge in [-0.25, -0.2) is 0 Å². The second-order valence-corrected chi connectivity index (χ2v) is 29.6. The van der Waals surface area contributed by atoms with Gasteiger partial charge in [-0.05, 0) is 101 Å². The van der Waals surface area contributed by atoms with Gasteiger partial charge < -0.3 is 66.0 Å². The first kappa shape index (κ1) is 85.2. The van der Waals surface area contributed by atoms with Crippen molar-refractivity contribution in [2.24, 2.45) is 41.4 Å². The van der Waals surface area contributed by atoms with Crippen molar-refractivity contribution in [2.45, 2.75) is 249 Å². The fraction of sp³-hybridized carbons (Fsp3) is 0.809. The van der Waals surface area contributed by atoms with Gasteiger partial charge >= 0.3 is 0 Å². The van der Waals surface area contributed by atoms with Crippen molar-refractivity contribution in [2.75, 3.05) is 67.4 Å². The highest BCUT2D eigenvalue weighted by molar-refractivity contribution is 7.99. The minimum absolute atomic E-state index is 0.00717. The predicted molar refractivity (Wildman–Crippen MR) is 368 cm³/mol. The molecule has 1 fully saturated rings. The van der Waals surface area contributed by atoms with Crippen LogP contribution in [0.4, 0.5) is 0 Å². The molecule has 0 saturated carbocycles. The molecule has 13 atom stereocenters. The summed E-state index contributed by atoms with van der Waals surface area (Å²) in [7, 11) is 10.1. The molecular weight excluding hydrogens is 1210 g/mol. The smallest absolute Gasteiger partial charge is 0.246 e. The van der Waals surface area contributed by atoms with Crippen LogP contribution in [0.15, 0.2) is 12.2 Å². The lowest BCUT2D eigenvalue weighted by Gasteiger charge is -2.41. The normalized spacial score (nSPS) is 26.5. The van der Waals surface area contributed by atoms with Gasteiger partial charge in [-0.1, -0.05) is 123 Å². The minimum Gasteiger partial charge on any atom is -0.390 e.